The van der Waals surface area contributed by atoms with Gasteiger partial charge in [0.25, 0.3) is 5.91 Å². The van der Waals surface area contributed by atoms with Crippen LogP contribution in [0, 0.1) is 5.82 Å². The molecule has 5 heteroatoms. The first-order valence-corrected chi connectivity index (χ1v) is 9.21. The highest BCUT2D eigenvalue weighted by atomic mass is 19.1. The van der Waals surface area contributed by atoms with Crippen molar-refractivity contribution in [2.24, 2.45) is 0 Å². The van der Waals surface area contributed by atoms with E-state index >= 15 is 0 Å². The third-order valence-corrected chi connectivity index (χ3v) is 4.76. The number of hydrogen-bond donors (Lipinski definition) is 1. The zero-order valence-corrected chi connectivity index (χ0v) is 15.9. The minimum atomic E-state index is -0.554. The van der Waals surface area contributed by atoms with Gasteiger partial charge in [-0.1, -0.05) is 42.5 Å². The molecule has 1 amide bonds. The molecule has 0 unspecified atom stereocenters. The quantitative estimate of drug-likeness (QED) is 0.511. The Morgan fingerprint density at radius 2 is 1.76 bits per heavy atom. The number of methoxy groups -OCH3 is 1. The summed E-state index contributed by atoms with van der Waals surface area (Å²) in [5.41, 5.74) is 2.82. The van der Waals surface area contributed by atoms with Crippen LogP contribution in [0.4, 0.5) is 10.1 Å². The molecule has 0 aliphatic rings. The highest BCUT2D eigenvalue weighted by Crippen LogP contribution is 2.24. The van der Waals surface area contributed by atoms with Gasteiger partial charge in [0.15, 0.2) is 0 Å². The fourth-order valence-electron chi connectivity index (χ4n) is 3.32. The second-order valence-corrected chi connectivity index (χ2v) is 6.63. The van der Waals surface area contributed by atoms with E-state index in [1.165, 1.54) is 6.07 Å². The average molecular weight is 386 g/mol. The average Bonchev–Trinajstić information content (AvgIpc) is 2.74. The van der Waals surface area contributed by atoms with Crippen LogP contribution in [0.15, 0.2) is 79.0 Å². The second kappa shape index (κ2) is 8.10. The van der Waals surface area contributed by atoms with Gasteiger partial charge in [-0.25, -0.2) is 4.39 Å². The van der Waals surface area contributed by atoms with Crippen LogP contribution in [0.5, 0.6) is 5.75 Å². The van der Waals surface area contributed by atoms with Crippen molar-refractivity contribution in [2.45, 2.75) is 6.42 Å². The molecule has 4 nitrogen and oxygen atoms in total. The van der Waals surface area contributed by atoms with E-state index in [1.54, 1.807) is 31.5 Å². The van der Waals surface area contributed by atoms with Crippen LogP contribution in [-0.4, -0.2) is 18.0 Å². The Balaban J connectivity index is 1.66. The van der Waals surface area contributed by atoms with Crippen LogP contribution in [0.3, 0.4) is 0 Å². The van der Waals surface area contributed by atoms with E-state index in [4.69, 9.17) is 4.74 Å². The van der Waals surface area contributed by atoms with Crippen molar-refractivity contribution >= 4 is 22.5 Å². The van der Waals surface area contributed by atoms with Crippen LogP contribution >= 0.6 is 0 Å². The van der Waals surface area contributed by atoms with Gasteiger partial charge in [0.1, 0.15) is 11.6 Å². The van der Waals surface area contributed by atoms with E-state index in [0.717, 1.165) is 16.7 Å². The molecule has 0 bridgehead atoms. The number of fused-ring (bicyclic) bond motifs is 1. The zero-order chi connectivity index (χ0) is 20.2. The van der Waals surface area contributed by atoms with Gasteiger partial charge in [-0.3, -0.25) is 9.78 Å². The molecule has 0 spiro atoms. The molecule has 0 saturated carbocycles. The fraction of sp³-hybridized carbons (Fsp3) is 0.0833. The van der Waals surface area contributed by atoms with Crippen molar-refractivity contribution in [1.82, 2.24) is 4.98 Å². The number of carbonyl (C=O) groups excluding carboxylic acids is 1. The van der Waals surface area contributed by atoms with Crippen molar-refractivity contribution in [3.63, 3.8) is 0 Å². The number of nitrogens with zero attached hydrogens (tertiary/aromatic N) is 1. The van der Waals surface area contributed by atoms with E-state index in [2.05, 4.69) is 10.3 Å². The molecule has 4 rings (SSSR count). The van der Waals surface area contributed by atoms with Gasteiger partial charge in [-0.15, -0.1) is 0 Å². The fourth-order valence-corrected chi connectivity index (χ4v) is 3.32. The van der Waals surface area contributed by atoms with Gasteiger partial charge >= 0.3 is 0 Å². The van der Waals surface area contributed by atoms with E-state index in [0.29, 0.717) is 23.2 Å². The highest BCUT2D eigenvalue weighted by molar-refractivity contribution is 6.09. The molecule has 0 aliphatic heterocycles. The van der Waals surface area contributed by atoms with Crippen LogP contribution in [-0.2, 0) is 6.42 Å². The number of carbonyl (C=O) groups is 1. The third-order valence-electron chi connectivity index (χ3n) is 4.76. The van der Waals surface area contributed by atoms with E-state index in [1.807, 2.05) is 48.5 Å². The maximum absolute atomic E-state index is 14.6. The molecule has 4 aromatic rings. The van der Waals surface area contributed by atoms with Gasteiger partial charge in [-0.2, -0.15) is 0 Å². The van der Waals surface area contributed by atoms with Gasteiger partial charge in [0.2, 0.25) is 0 Å². The van der Waals surface area contributed by atoms with Gasteiger partial charge in [0.05, 0.1) is 23.9 Å². The molecule has 0 fully saturated rings. The molecule has 1 aromatic heterocycles. The first-order valence-electron chi connectivity index (χ1n) is 9.21. The Hall–Kier alpha value is -3.73. The number of amides is 1. The highest BCUT2D eigenvalue weighted by Gasteiger charge is 2.18. The van der Waals surface area contributed by atoms with Crippen molar-refractivity contribution in [2.75, 3.05) is 12.4 Å². The lowest BCUT2D eigenvalue weighted by Gasteiger charge is -2.13. The molecule has 3 aromatic carbocycles. The summed E-state index contributed by atoms with van der Waals surface area (Å²) < 4.78 is 19.8. The van der Waals surface area contributed by atoms with Gasteiger partial charge < -0.3 is 10.1 Å². The number of anilines is 1. The van der Waals surface area contributed by atoms with Crippen molar-refractivity contribution < 1.29 is 13.9 Å². The van der Waals surface area contributed by atoms with Crippen LogP contribution in [0.1, 0.15) is 21.5 Å². The molecule has 0 radical (unpaired) electrons. The number of benzene rings is 3. The summed E-state index contributed by atoms with van der Waals surface area (Å²) in [6.45, 7) is 0. The molecule has 29 heavy (non-hydrogen) atoms. The summed E-state index contributed by atoms with van der Waals surface area (Å²) in [7, 11) is 1.60. The lowest BCUT2D eigenvalue weighted by atomic mass is 9.98. The summed E-state index contributed by atoms with van der Waals surface area (Å²) in [6, 6.07) is 21.4. The molecule has 0 aliphatic carbocycles. The molecule has 1 N–H and O–H groups in total. The van der Waals surface area contributed by atoms with E-state index in [-0.39, 0.29) is 5.56 Å². The first kappa shape index (κ1) is 18.6. The number of aromatic nitrogens is 1. The largest absolute Gasteiger partial charge is 0.497 e. The molecule has 1 heterocycles. The molecule has 0 saturated heterocycles. The number of ether oxygens (including phenoxy) is 1. The van der Waals surface area contributed by atoms with Crippen molar-refractivity contribution in [3.8, 4) is 5.75 Å². The number of pyridine rings is 1. The normalized spacial score (nSPS) is 10.7. The van der Waals surface area contributed by atoms with E-state index in [9.17, 15) is 9.18 Å². The smallest absolute Gasteiger partial charge is 0.258 e. The lowest BCUT2D eigenvalue weighted by molar-refractivity contribution is 0.102. The molecular weight excluding hydrogens is 367 g/mol. The Bertz CT molecular complexity index is 1170. The molecule has 0 atom stereocenters. The Kier molecular flexibility index (Phi) is 5.20. The zero-order valence-electron chi connectivity index (χ0n) is 15.9. The predicted molar refractivity (Wildman–Crippen MR) is 112 cm³/mol. The van der Waals surface area contributed by atoms with Gasteiger partial charge in [0, 0.05) is 11.6 Å². The summed E-state index contributed by atoms with van der Waals surface area (Å²) in [4.78, 5) is 17.3. The van der Waals surface area contributed by atoms with Crippen LogP contribution in [0.25, 0.3) is 10.9 Å². The number of para-hydroxylation sites is 1. The van der Waals surface area contributed by atoms with Crippen molar-refractivity contribution in [3.05, 3.63) is 102 Å². The maximum atomic E-state index is 14.6. The minimum absolute atomic E-state index is 0.0382. The minimum Gasteiger partial charge on any atom is -0.497 e. The maximum Gasteiger partial charge on any atom is 0.258 e. The standard InChI is InChI=1S/C24H19FN2O2/c1-29-19-12-10-16(11-13-19)15-18-6-2-8-20(25)22(18)24(28)27-21-9-3-5-17-7-4-14-26-23(17)21/h2-14H,15H2,1H3,(H,27,28). The third kappa shape index (κ3) is 3.94. The number of rotatable bonds is 5. The monoisotopic (exact) mass is 386 g/mol. The van der Waals surface area contributed by atoms with Gasteiger partial charge in [-0.05, 0) is 47.9 Å². The SMILES string of the molecule is COc1ccc(Cc2cccc(F)c2C(=O)Nc2cccc3cccnc23)cc1. The Morgan fingerprint density at radius 1 is 1.00 bits per heavy atom. The predicted octanol–water partition coefficient (Wildman–Crippen LogP) is 5.23. The number of hydrogen-bond acceptors (Lipinski definition) is 3. The summed E-state index contributed by atoms with van der Waals surface area (Å²) in [5.74, 6) is -0.305. The first-order chi connectivity index (χ1) is 14.2. The van der Waals surface area contributed by atoms with Crippen LogP contribution in [0.2, 0.25) is 0 Å². The summed E-state index contributed by atoms with van der Waals surface area (Å²) in [6.07, 6.45) is 2.09. The molecular formula is C24H19FN2O2. The Morgan fingerprint density at radius 3 is 2.55 bits per heavy atom. The van der Waals surface area contributed by atoms with E-state index < -0.39 is 11.7 Å². The number of nitrogens with one attached hydrogen (secondary N) is 1. The molecule has 144 valence electrons. The summed E-state index contributed by atoms with van der Waals surface area (Å²) in [5, 5.41) is 3.73. The summed E-state index contributed by atoms with van der Waals surface area (Å²) >= 11 is 0. The topological polar surface area (TPSA) is 51.2 Å². The number of halogens is 1. The van der Waals surface area contributed by atoms with Crippen LogP contribution < -0.4 is 10.1 Å². The van der Waals surface area contributed by atoms with Crippen molar-refractivity contribution in [1.29, 1.82) is 0 Å². The second-order valence-electron chi connectivity index (χ2n) is 6.63. The lowest BCUT2D eigenvalue weighted by Crippen LogP contribution is -2.17. The Labute approximate surface area is 168 Å².